The van der Waals surface area contributed by atoms with Crippen LogP contribution < -0.4 is 4.90 Å². The largest absolute Gasteiger partial charge is 0.324 e. The molecular formula is C19H15Cl2N3O2S. The third-order valence-electron chi connectivity index (χ3n) is 4.40. The zero-order valence-electron chi connectivity index (χ0n) is 14.2. The molecule has 5 nitrogen and oxygen atoms in total. The molecule has 0 spiro atoms. The predicted octanol–water partition coefficient (Wildman–Crippen LogP) is 4.83. The van der Waals surface area contributed by atoms with Crippen LogP contribution in [-0.2, 0) is 4.79 Å². The number of thiazole rings is 1. The summed E-state index contributed by atoms with van der Waals surface area (Å²) in [7, 11) is 0. The van der Waals surface area contributed by atoms with E-state index in [1.165, 1.54) is 16.2 Å². The Kier molecular flexibility index (Phi) is 5.04. The number of halogens is 2. The summed E-state index contributed by atoms with van der Waals surface area (Å²) in [5.41, 5.74) is 1.09. The Balaban J connectivity index is 1.76. The van der Waals surface area contributed by atoms with Crippen LogP contribution in [0.3, 0.4) is 0 Å². The molecule has 0 atom stereocenters. The highest BCUT2D eigenvalue weighted by molar-refractivity contribution is 7.22. The molecule has 2 amide bonds. The second kappa shape index (κ2) is 7.46. The van der Waals surface area contributed by atoms with Gasteiger partial charge in [0, 0.05) is 18.0 Å². The van der Waals surface area contributed by atoms with E-state index < -0.39 is 0 Å². The van der Waals surface area contributed by atoms with Gasteiger partial charge in [-0.15, -0.1) is 0 Å². The summed E-state index contributed by atoms with van der Waals surface area (Å²) in [4.78, 5) is 33.2. The van der Waals surface area contributed by atoms with Gasteiger partial charge in [-0.05, 0) is 36.8 Å². The van der Waals surface area contributed by atoms with Crippen molar-refractivity contribution >= 4 is 61.7 Å². The topological polar surface area (TPSA) is 53.5 Å². The van der Waals surface area contributed by atoms with Crippen molar-refractivity contribution in [3.05, 3.63) is 58.1 Å². The number of carbonyl (C=O) groups is 2. The van der Waals surface area contributed by atoms with Crippen molar-refractivity contribution < 1.29 is 9.59 Å². The summed E-state index contributed by atoms with van der Waals surface area (Å²) >= 11 is 13.7. The molecule has 138 valence electrons. The molecule has 0 unspecified atom stereocenters. The van der Waals surface area contributed by atoms with Crippen molar-refractivity contribution in [2.45, 2.75) is 12.8 Å². The molecule has 3 aromatic rings. The van der Waals surface area contributed by atoms with E-state index in [4.69, 9.17) is 23.2 Å². The Bertz CT molecular complexity index is 1000. The van der Waals surface area contributed by atoms with Gasteiger partial charge >= 0.3 is 0 Å². The number of hydrogen-bond donors (Lipinski definition) is 0. The Morgan fingerprint density at radius 1 is 1.22 bits per heavy atom. The molecule has 0 radical (unpaired) electrons. The average Bonchev–Trinajstić information content (AvgIpc) is 3.26. The number of benzene rings is 2. The summed E-state index contributed by atoms with van der Waals surface area (Å²) in [6.07, 6.45) is 1.29. The standard InChI is InChI=1S/C19H15Cl2N3O2S/c20-12-7-8-14(21)13(10-12)18(26)24(11-23-9-3-6-17(23)25)19-22-15-4-1-2-5-16(15)27-19/h1-2,4-5,7-8,10H,3,6,9,11H2. The van der Waals surface area contributed by atoms with E-state index >= 15 is 0 Å². The summed E-state index contributed by atoms with van der Waals surface area (Å²) in [5, 5.41) is 1.25. The number of hydrogen-bond acceptors (Lipinski definition) is 4. The number of para-hydroxylation sites is 1. The van der Waals surface area contributed by atoms with E-state index in [2.05, 4.69) is 4.98 Å². The van der Waals surface area contributed by atoms with Crippen LogP contribution in [0.2, 0.25) is 10.0 Å². The number of fused-ring (bicyclic) bond motifs is 1. The summed E-state index contributed by atoms with van der Waals surface area (Å²) in [6.45, 7) is 0.761. The van der Waals surface area contributed by atoms with Crippen molar-refractivity contribution in [2.24, 2.45) is 0 Å². The van der Waals surface area contributed by atoms with Crippen molar-refractivity contribution in [2.75, 3.05) is 18.1 Å². The third-order valence-corrected chi connectivity index (χ3v) is 6.03. The lowest BCUT2D eigenvalue weighted by Gasteiger charge is -2.26. The van der Waals surface area contributed by atoms with Gasteiger partial charge in [0.2, 0.25) is 5.91 Å². The number of carbonyl (C=O) groups excluding carboxylic acids is 2. The summed E-state index contributed by atoms with van der Waals surface area (Å²) < 4.78 is 0.968. The summed E-state index contributed by atoms with van der Waals surface area (Å²) in [5.74, 6) is -0.299. The second-order valence-corrected chi connectivity index (χ2v) is 8.08. The smallest absolute Gasteiger partial charge is 0.263 e. The minimum absolute atomic E-state index is 0.0334. The molecule has 27 heavy (non-hydrogen) atoms. The SMILES string of the molecule is O=C1CCCN1CN(C(=O)c1cc(Cl)ccc1Cl)c1nc2ccccc2s1. The van der Waals surface area contributed by atoms with Crippen molar-refractivity contribution in [3.63, 3.8) is 0 Å². The van der Waals surface area contributed by atoms with Crippen LogP contribution in [0.25, 0.3) is 10.2 Å². The van der Waals surface area contributed by atoms with E-state index in [1.54, 1.807) is 23.1 Å². The minimum Gasteiger partial charge on any atom is -0.324 e. The molecule has 4 rings (SSSR count). The molecule has 0 bridgehead atoms. The lowest BCUT2D eigenvalue weighted by atomic mass is 10.2. The fourth-order valence-corrected chi connectivity index (χ4v) is 4.34. The van der Waals surface area contributed by atoms with Crippen LogP contribution in [0, 0.1) is 0 Å². The molecule has 2 heterocycles. The van der Waals surface area contributed by atoms with Crippen molar-refractivity contribution in [3.8, 4) is 0 Å². The van der Waals surface area contributed by atoms with Crippen molar-refractivity contribution in [1.82, 2.24) is 9.88 Å². The number of likely N-dealkylation sites (tertiary alicyclic amines) is 1. The summed E-state index contributed by atoms with van der Waals surface area (Å²) in [6, 6.07) is 12.4. The maximum atomic E-state index is 13.3. The molecule has 2 aromatic carbocycles. The van der Waals surface area contributed by atoms with Gasteiger partial charge in [-0.1, -0.05) is 46.7 Å². The average molecular weight is 420 g/mol. The van der Waals surface area contributed by atoms with Gasteiger partial charge < -0.3 is 4.90 Å². The van der Waals surface area contributed by atoms with E-state index in [0.29, 0.717) is 28.1 Å². The lowest BCUT2D eigenvalue weighted by molar-refractivity contribution is -0.127. The Labute approximate surface area is 170 Å². The zero-order valence-corrected chi connectivity index (χ0v) is 16.5. The van der Waals surface area contributed by atoms with Crippen LogP contribution in [0.4, 0.5) is 5.13 Å². The fourth-order valence-electron chi connectivity index (χ4n) is 3.02. The number of nitrogens with zero attached hydrogens (tertiary/aromatic N) is 3. The van der Waals surface area contributed by atoms with Gasteiger partial charge in [0.15, 0.2) is 5.13 Å². The molecule has 0 saturated carbocycles. The number of amides is 2. The predicted molar refractivity (Wildman–Crippen MR) is 109 cm³/mol. The molecule has 1 aliphatic rings. The molecule has 1 aliphatic heterocycles. The van der Waals surface area contributed by atoms with Gasteiger partial charge in [0.25, 0.3) is 5.91 Å². The first-order chi connectivity index (χ1) is 13.0. The molecule has 1 saturated heterocycles. The Morgan fingerprint density at radius 2 is 2.04 bits per heavy atom. The van der Waals surface area contributed by atoms with E-state index in [0.717, 1.165) is 16.6 Å². The first kappa shape index (κ1) is 18.2. The third kappa shape index (κ3) is 3.65. The van der Waals surface area contributed by atoms with Crippen LogP contribution in [0.5, 0.6) is 0 Å². The molecule has 0 N–H and O–H groups in total. The minimum atomic E-state index is -0.332. The van der Waals surface area contributed by atoms with Gasteiger partial charge in [0.05, 0.1) is 20.8 Å². The van der Waals surface area contributed by atoms with Gasteiger partial charge in [0.1, 0.15) is 6.67 Å². The Morgan fingerprint density at radius 3 is 2.78 bits per heavy atom. The molecule has 8 heteroatoms. The lowest BCUT2D eigenvalue weighted by Crippen LogP contribution is -2.42. The zero-order chi connectivity index (χ0) is 19.0. The molecule has 0 aliphatic carbocycles. The highest BCUT2D eigenvalue weighted by Crippen LogP contribution is 2.32. The number of aromatic nitrogens is 1. The van der Waals surface area contributed by atoms with E-state index in [-0.39, 0.29) is 24.0 Å². The highest BCUT2D eigenvalue weighted by Gasteiger charge is 2.29. The molecule has 1 aromatic heterocycles. The maximum Gasteiger partial charge on any atom is 0.263 e. The molecule has 1 fully saturated rings. The van der Waals surface area contributed by atoms with E-state index in [1.807, 2.05) is 24.3 Å². The quantitative estimate of drug-likeness (QED) is 0.608. The van der Waals surface area contributed by atoms with Crippen LogP contribution >= 0.6 is 34.5 Å². The monoisotopic (exact) mass is 419 g/mol. The fraction of sp³-hybridized carbons (Fsp3) is 0.211. The van der Waals surface area contributed by atoms with Gasteiger partial charge in [-0.3, -0.25) is 14.5 Å². The van der Waals surface area contributed by atoms with Gasteiger partial charge in [-0.25, -0.2) is 4.98 Å². The first-order valence-electron chi connectivity index (χ1n) is 8.43. The number of rotatable bonds is 4. The van der Waals surface area contributed by atoms with Crippen LogP contribution in [0.15, 0.2) is 42.5 Å². The Hall–Kier alpha value is -2.15. The van der Waals surface area contributed by atoms with Gasteiger partial charge in [-0.2, -0.15) is 0 Å². The highest BCUT2D eigenvalue weighted by atomic mass is 35.5. The molecular weight excluding hydrogens is 405 g/mol. The second-order valence-electron chi connectivity index (χ2n) is 6.22. The van der Waals surface area contributed by atoms with Crippen LogP contribution in [0.1, 0.15) is 23.2 Å². The maximum absolute atomic E-state index is 13.3. The number of anilines is 1. The normalized spacial score (nSPS) is 14.1. The van der Waals surface area contributed by atoms with Crippen LogP contribution in [-0.4, -0.2) is 34.9 Å². The van der Waals surface area contributed by atoms with Crippen molar-refractivity contribution in [1.29, 1.82) is 0 Å². The first-order valence-corrected chi connectivity index (χ1v) is 10.0. The van der Waals surface area contributed by atoms with E-state index in [9.17, 15) is 9.59 Å².